The molecule has 0 spiro atoms. The number of halogens is 5. The Labute approximate surface area is 93.6 Å². The average molecular weight is 250 g/mol. The molecule has 0 radical (unpaired) electrons. The zero-order valence-electron chi connectivity index (χ0n) is 8.34. The topological polar surface area (TPSA) is 17.1 Å². The van der Waals surface area contributed by atoms with Gasteiger partial charge in [0, 0.05) is 5.56 Å². The van der Waals surface area contributed by atoms with Gasteiger partial charge >= 0.3 is 12.1 Å². The SMILES string of the molecule is O=C/C=C/c1ccc(C(F)(F)C(F)(F)F)cc1. The fourth-order valence-corrected chi connectivity index (χ4v) is 1.12. The zero-order chi connectivity index (χ0) is 13.1. The van der Waals surface area contributed by atoms with Gasteiger partial charge in [-0.05, 0) is 11.6 Å². The van der Waals surface area contributed by atoms with Crippen LogP contribution in [0.25, 0.3) is 6.08 Å². The summed E-state index contributed by atoms with van der Waals surface area (Å²) in [5.74, 6) is -4.88. The minimum atomic E-state index is -5.62. The third-order valence-corrected chi connectivity index (χ3v) is 2.00. The maximum absolute atomic E-state index is 12.8. The molecule has 0 bridgehead atoms. The highest BCUT2D eigenvalue weighted by molar-refractivity contribution is 5.73. The summed E-state index contributed by atoms with van der Waals surface area (Å²) in [6, 6.07) is 3.51. The molecule has 0 heterocycles. The second-order valence-electron chi connectivity index (χ2n) is 3.19. The molecule has 0 aromatic heterocycles. The highest BCUT2D eigenvalue weighted by atomic mass is 19.4. The van der Waals surface area contributed by atoms with E-state index in [1.165, 1.54) is 6.08 Å². The van der Waals surface area contributed by atoms with Crippen LogP contribution >= 0.6 is 0 Å². The van der Waals surface area contributed by atoms with E-state index in [1.54, 1.807) is 0 Å². The lowest BCUT2D eigenvalue weighted by Crippen LogP contribution is -2.33. The molecule has 0 amide bonds. The van der Waals surface area contributed by atoms with Crippen molar-refractivity contribution >= 4 is 12.4 Å². The van der Waals surface area contributed by atoms with Crippen molar-refractivity contribution in [2.24, 2.45) is 0 Å². The number of hydrogen-bond acceptors (Lipinski definition) is 1. The van der Waals surface area contributed by atoms with E-state index in [1.807, 2.05) is 0 Å². The summed E-state index contributed by atoms with van der Waals surface area (Å²) >= 11 is 0. The third-order valence-electron chi connectivity index (χ3n) is 2.00. The van der Waals surface area contributed by atoms with Crippen molar-refractivity contribution in [2.45, 2.75) is 12.1 Å². The Bertz CT molecular complexity index is 416. The zero-order valence-corrected chi connectivity index (χ0v) is 8.34. The molecule has 0 unspecified atom stereocenters. The Morgan fingerprint density at radius 1 is 0.941 bits per heavy atom. The summed E-state index contributed by atoms with van der Waals surface area (Å²) in [5, 5.41) is 0. The molecule has 1 aromatic rings. The maximum Gasteiger partial charge on any atom is 0.458 e. The second-order valence-corrected chi connectivity index (χ2v) is 3.19. The molecule has 1 rings (SSSR count). The van der Waals surface area contributed by atoms with Crippen LogP contribution < -0.4 is 0 Å². The van der Waals surface area contributed by atoms with E-state index in [9.17, 15) is 26.7 Å². The molecule has 0 saturated heterocycles. The van der Waals surface area contributed by atoms with E-state index < -0.39 is 17.7 Å². The molecule has 1 nitrogen and oxygen atoms in total. The van der Waals surface area contributed by atoms with Crippen molar-refractivity contribution in [1.29, 1.82) is 0 Å². The summed E-state index contributed by atoms with van der Waals surface area (Å²) in [4.78, 5) is 9.98. The number of aldehydes is 1. The van der Waals surface area contributed by atoms with Crippen LogP contribution in [0.2, 0.25) is 0 Å². The van der Waals surface area contributed by atoms with Gasteiger partial charge in [-0.25, -0.2) is 0 Å². The van der Waals surface area contributed by atoms with E-state index in [-0.39, 0.29) is 0 Å². The standard InChI is InChI=1S/C11H7F5O/c12-10(13,11(14,15)16)9-5-3-8(4-6-9)2-1-7-17/h1-7H/b2-1+. The Morgan fingerprint density at radius 2 is 1.47 bits per heavy atom. The van der Waals surface area contributed by atoms with Crippen LogP contribution in [0.3, 0.4) is 0 Å². The molecule has 0 aliphatic rings. The predicted molar refractivity (Wildman–Crippen MR) is 51.5 cm³/mol. The smallest absolute Gasteiger partial charge is 0.299 e. The molecule has 0 aliphatic heterocycles. The maximum atomic E-state index is 12.8. The summed E-state index contributed by atoms with van der Waals surface area (Å²) in [6.45, 7) is 0. The van der Waals surface area contributed by atoms with Crippen LogP contribution in [0.5, 0.6) is 0 Å². The molecular formula is C11H7F5O. The largest absolute Gasteiger partial charge is 0.458 e. The van der Waals surface area contributed by atoms with E-state index in [4.69, 9.17) is 0 Å². The first kappa shape index (κ1) is 13.3. The first-order chi connectivity index (χ1) is 7.79. The summed E-state index contributed by atoms with van der Waals surface area (Å²) in [5.41, 5.74) is -0.771. The average Bonchev–Trinajstić information content (AvgIpc) is 2.25. The monoisotopic (exact) mass is 250 g/mol. The fraction of sp³-hybridized carbons (Fsp3) is 0.182. The predicted octanol–water partition coefficient (Wildman–Crippen LogP) is 3.55. The van der Waals surface area contributed by atoms with Gasteiger partial charge in [-0.15, -0.1) is 0 Å². The van der Waals surface area contributed by atoms with E-state index in [0.717, 1.165) is 18.2 Å². The van der Waals surface area contributed by atoms with Crippen LogP contribution in [0, 0.1) is 0 Å². The Balaban J connectivity index is 3.02. The highest BCUT2D eigenvalue weighted by Gasteiger charge is 2.58. The van der Waals surface area contributed by atoms with Crippen LogP contribution in [-0.2, 0) is 10.7 Å². The number of carbonyl (C=O) groups is 1. The Kier molecular flexibility index (Phi) is 3.65. The number of benzene rings is 1. The minimum absolute atomic E-state index is 0.360. The Morgan fingerprint density at radius 3 is 1.88 bits per heavy atom. The number of hydrogen-bond donors (Lipinski definition) is 0. The quantitative estimate of drug-likeness (QED) is 0.455. The van der Waals surface area contributed by atoms with Gasteiger partial charge in [-0.3, -0.25) is 4.79 Å². The second kappa shape index (κ2) is 4.65. The van der Waals surface area contributed by atoms with Crippen LogP contribution in [-0.4, -0.2) is 12.5 Å². The third kappa shape index (κ3) is 2.89. The van der Waals surface area contributed by atoms with Crippen molar-refractivity contribution in [3.05, 3.63) is 41.5 Å². The number of rotatable bonds is 3. The molecule has 0 fully saturated rings. The van der Waals surface area contributed by atoms with E-state index in [2.05, 4.69) is 0 Å². The van der Waals surface area contributed by atoms with Crippen molar-refractivity contribution in [3.63, 3.8) is 0 Å². The number of carbonyl (C=O) groups excluding carboxylic acids is 1. The van der Waals surface area contributed by atoms with Crippen molar-refractivity contribution in [2.75, 3.05) is 0 Å². The lowest BCUT2D eigenvalue weighted by atomic mass is 10.1. The molecule has 0 aliphatic carbocycles. The normalized spacial score (nSPS) is 13.0. The molecule has 92 valence electrons. The summed E-state index contributed by atoms with van der Waals surface area (Å²) < 4.78 is 61.7. The van der Waals surface area contributed by atoms with Gasteiger partial charge in [0.1, 0.15) is 6.29 Å². The van der Waals surface area contributed by atoms with E-state index >= 15 is 0 Å². The molecule has 6 heteroatoms. The van der Waals surface area contributed by atoms with Gasteiger partial charge in [0.25, 0.3) is 0 Å². The van der Waals surface area contributed by atoms with Gasteiger partial charge in [-0.1, -0.05) is 30.3 Å². The van der Waals surface area contributed by atoms with Crippen LogP contribution in [0.1, 0.15) is 11.1 Å². The fourth-order valence-electron chi connectivity index (χ4n) is 1.12. The van der Waals surface area contributed by atoms with Crippen LogP contribution in [0.4, 0.5) is 22.0 Å². The minimum Gasteiger partial charge on any atom is -0.299 e. The Hall–Kier alpha value is -1.72. The molecule has 0 N–H and O–H groups in total. The molecule has 1 aromatic carbocycles. The van der Waals surface area contributed by atoms with Crippen LogP contribution in [0.15, 0.2) is 30.3 Å². The van der Waals surface area contributed by atoms with Crippen molar-refractivity contribution in [3.8, 4) is 0 Å². The number of alkyl halides is 5. The lowest BCUT2D eigenvalue weighted by molar-refractivity contribution is -0.289. The van der Waals surface area contributed by atoms with Gasteiger partial charge in [0.05, 0.1) is 0 Å². The molecule has 17 heavy (non-hydrogen) atoms. The lowest BCUT2D eigenvalue weighted by Gasteiger charge is -2.19. The van der Waals surface area contributed by atoms with Gasteiger partial charge in [0.15, 0.2) is 0 Å². The number of allylic oxidation sites excluding steroid dienone is 1. The van der Waals surface area contributed by atoms with Gasteiger partial charge in [-0.2, -0.15) is 22.0 Å². The summed E-state index contributed by atoms with van der Waals surface area (Å²) in [6.07, 6.45) is -2.75. The molecular weight excluding hydrogens is 243 g/mol. The first-order valence-electron chi connectivity index (χ1n) is 4.46. The van der Waals surface area contributed by atoms with Gasteiger partial charge < -0.3 is 0 Å². The van der Waals surface area contributed by atoms with Gasteiger partial charge in [0.2, 0.25) is 0 Å². The van der Waals surface area contributed by atoms with E-state index in [0.29, 0.717) is 24.0 Å². The molecule has 0 saturated carbocycles. The van der Waals surface area contributed by atoms with Crippen molar-refractivity contribution in [1.82, 2.24) is 0 Å². The summed E-state index contributed by atoms with van der Waals surface area (Å²) in [7, 11) is 0. The van der Waals surface area contributed by atoms with Crippen molar-refractivity contribution < 1.29 is 26.7 Å². The first-order valence-corrected chi connectivity index (χ1v) is 4.46. The molecule has 0 atom stereocenters. The highest BCUT2D eigenvalue weighted by Crippen LogP contribution is 2.43.